The molecule has 20 heavy (non-hydrogen) atoms. The summed E-state index contributed by atoms with van der Waals surface area (Å²) in [5.41, 5.74) is 1.47. The molecule has 2 rings (SSSR count). The highest BCUT2D eigenvalue weighted by Crippen LogP contribution is 2.25. The lowest BCUT2D eigenvalue weighted by molar-refractivity contribution is -0.116. The third-order valence-corrected chi connectivity index (χ3v) is 3.30. The van der Waals surface area contributed by atoms with Crippen molar-refractivity contribution in [3.05, 3.63) is 52.5 Å². The van der Waals surface area contributed by atoms with E-state index < -0.39 is 0 Å². The van der Waals surface area contributed by atoms with Gasteiger partial charge in [-0.05, 0) is 18.4 Å². The van der Waals surface area contributed by atoms with E-state index in [2.05, 4.69) is 15.3 Å². The van der Waals surface area contributed by atoms with Crippen LogP contribution in [0.25, 0.3) is 0 Å². The van der Waals surface area contributed by atoms with E-state index in [-0.39, 0.29) is 21.9 Å². The molecule has 1 aromatic carbocycles. The van der Waals surface area contributed by atoms with Crippen molar-refractivity contribution in [2.24, 2.45) is 0 Å². The molecule has 0 saturated carbocycles. The van der Waals surface area contributed by atoms with E-state index in [4.69, 9.17) is 23.2 Å². The first-order chi connectivity index (χ1) is 9.66. The summed E-state index contributed by atoms with van der Waals surface area (Å²) < 4.78 is 0. The molecule has 0 atom stereocenters. The second-order valence-corrected chi connectivity index (χ2v) is 4.93. The third-order valence-electron chi connectivity index (χ3n) is 2.73. The van der Waals surface area contributed by atoms with Gasteiger partial charge >= 0.3 is 0 Å². The fraction of sp³-hybridized carbons (Fsp3) is 0.214. The molecular weight excluding hydrogens is 297 g/mol. The SMILES string of the molecule is O=C(CCCc1ccccc1)Nc1c(Cl)ncnc1Cl. The maximum atomic E-state index is 11.8. The standard InChI is InChI=1S/C14H13Cl2N3O/c15-13-12(14(16)18-9-17-13)19-11(20)8-4-7-10-5-2-1-3-6-10/h1-3,5-6,9H,4,7-8H2,(H,19,20). The number of hydrogen-bond acceptors (Lipinski definition) is 3. The summed E-state index contributed by atoms with van der Waals surface area (Å²) in [6.07, 6.45) is 3.23. The minimum Gasteiger partial charge on any atom is -0.321 e. The monoisotopic (exact) mass is 309 g/mol. The van der Waals surface area contributed by atoms with E-state index in [1.54, 1.807) is 0 Å². The maximum Gasteiger partial charge on any atom is 0.224 e. The topological polar surface area (TPSA) is 54.9 Å². The number of halogens is 2. The van der Waals surface area contributed by atoms with Crippen LogP contribution < -0.4 is 5.32 Å². The molecule has 0 bridgehead atoms. The van der Waals surface area contributed by atoms with Gasteiger partial charge in [0, 0.05) is 6.42 Å². The first-order valence-corrected chi connectivity index (χ1v) is 6.92. The highest BCUT2D eigenvalue weighted by Gasteiger charge is 2.11. The van der Waals surface area contributed by atoms with Crippen molar-refractivity contribution < 1.29 is 4.79 Å². The van der Waals surface area contributed by atoms with Gasteiger partial charge < -0.3 is 5.32 Å². The highest BCUT2D eigenvalue weighted by molar-refractivity contribution is 6.38. The number of aryl methyl sites for hydroxylation is 1. The fourth-order valence-corrected chi connectivity index (χ4v) is 2.16. The Morgan fingerprint density at radius 3 is 2.40 bits per heavy atom. The van der Waals surface area contributed by atoms with Crippen molar-refractivity contribution in [2.75, 3.05) is 5.32 Å². The lowest BCUT2D eigenvalue weighted by Gasteiger charge is -2.07. The highest BCUT2D eigenvalue weighted by atomic mass is 35.5. The van der Waals surface area contributed by atoms with Crippen LogP contribution in [0.15, 0.2) is 36.7 Å². The molecular formula is C14H13Cl2N3O. The quantitative estimate of drug-likeness (QED) is 0.856. The number of nitrogens with one attached hydrogen (secondary N) is 1. The summed E-state index contributed by atoms with van der Waals surface area (Å²) >= 11 is 11.7. The number of carbonyl (C=O) groups is 1. The minimum atomic E-state index is -0.153. The Balaban J connectivity index is 1.84. The molecule has 2 aromatic rings. The van der Waals surface area contributed by atoms with E-state index in [9.17, 15) is 4.79 Å². The van der Waals surface area contributed by atoms with Crippen LogP contribution in [0.3, 0.4) is 0 Å². The Kier molecular flexibility index (Phi) is 5.32. The molecule has 0 unspecified atom stereocenters. The Morgan fingerprint density at radius 1 is 1.10 bits per heavy atom. The summed E-state index contributed by atoms with van der Waals surface area (Å²) in [4.78, 5) is 19.4. The molecule has 0 fully saturated rings. The third kappa shape index (κ3) is 4.18. The van der Waals surface area contributed by atoms with Gasteiger partial charge in [-0.3, -0.25) is 4.79 Å². The Hall–Kier alpha value is -1.65. The van der Waals surface area contributed by atoms with E-state index >= 15 is 0 Å². The van der Waals surface area contributed by atoms with Gasteiger partial charge in [0.05, 0.1) is 0 Å². The fourth-order valence-electron chi connectivity index (χ4n) is 1.75. The van der Waals surface area contributed by atoms with Crippen molar-refractivity contribution >= 4 is 34.8 Å². The number of hydrogen-bond donors (Lipinski definition) is 1. The molecule has 1 aromatic heterocycles. The number of anilines is 1. The summed E-state index contributed by atoms with van der Waals surface area (Å²) in [6, 6.07) is 10.0. The lowest BCUT2D eigenvalue weighted by Crippen LogP contribution is -2.13. The summed E-state index contributed by atoms with van der Waals surface area (Å²) in [5.74, 6) is -0.153. The van der Waals surface area contributed by atoms with Gasteiger partial charge in [-0.25, -0.2) is 9.97 Å². The molecule has 0 spiro atoms. The van der Waals surface area contributed by atoms with Crippen molar-refractivity contribution in [1.29, 1.82) is 0 Å². The molecule has 0 aliphatic rings. The number of nitrogens with zero attached hydrogens (tertiary/aromatic N) is 2. The summed E-state index contributed by atoms with van der Waals surface area (Å²) in [7, 11) is 0. The predicted molar refractivity (Wildman–Crippen MR) is 80.1 cm³/mol. The first-order valence-electron chi connectivity index (χ1n) is 6.16. The van der Waals surface area contributed by atoms with E-state index in [1.165, 1.54) is 11.9 Å². The number of rotatable bonds is 5. The Morgan fingerprint density at radius 2 is 1.75 bits per heavy atom. The van der Waals surface area contributed by atoms with Crippen LogP contribution >= 0.6 is 23.2 Å². The van der Waals surface area contributed by atoms with Gasteiger partial charge in [-0.15, -0.1) is 0 Å². The molecule has 6 heteroatoms. The zero-order valence-electron chi connectivity index (χ0n) is 10.6. The minimum absolute atomic E-state index is 0.140. The smallest absolute Gasteiger partial charge is 0.224 e. The van der Waals surface area contributed by atoms with Crippen molar-refractivity contribution in [3.8, 4) is 0 Å². The van der Waals surface area contributed by atoms with Crippen LogP contribution in [-0.2, 0) is 11.2 Å². The maximum absolute atomic E-state index is 11.8. The van der Waals surface area contributed by atoms with Gasteiger partial charge in [0.15, 0.2) is 10.3 Å². The van der Waals surface area contributed by atoms with Gasteiger partial charge in [0.1, 0.15) is 12.0 Å². The molecule has 0 aliphatic carbocycles. The second-order valence-electron chi connectivity index (χ2n) is 4.22. The van der Waals surface area contributed by atoms with Crippen LogP contribution in [0, 0.1) is 0 Å². The van der Waals surface area contributed by atoms with E-state index in [0.717, 1.165) is 12.8 Å². The molecule has 1 amide bonds. The molecule has 0 radical (unpaired) electrons. The van der Waals surface area contributed by atoms with Crippen LogP contribution in [-0.4, -0.2) is 15.9 Å². The van der Waals surface area contributed by atoms with Crippen molar-refractivity contribution in [3.63, 3.8) is 0 Å². The molecule has 1 N–H and O–H groups in total. The summed E-state index contributed by atoms with van der Waals surface area (Å²) in [5, 5.41) is 2.92. The first kappa shape index (κ1) is 14.8. The van der Waals surface area contributed by atoms with Gasteiger partial charge in [-0.1, -0.05) is 53.5 Å². The van der Waals surface area contributed by atoms with Crippen molar-refractivity contribution in [2.45, 2.75) is 19.3 Å². The molecule has 4 nitrogen and oxygen atoms in total. The van der Waals surface area contributed by atoms with Crippen LogP contribution in [0.5, 0.6) is 0 Å². The van der Waals surface area contributed by atoms with Crippen LogP contribution in [0.2, 0.25) is 10.3 Å². The zero-order valence-corrected chi connectivity index (χ0v) is 12.2. The average Bonchev–Trinajstić information content (AvgIpc) is 2.44. The normalized spacial score (nSPS) is 10.3. The van der Waals surface area contributed by atoms with Crippen LogP contribution in [0.4, 0.5) is 5.69 Å². The zero-order chi connectivity index (χ0) is 14.4. The van der Waals surface area contributed by atoms with E-state index in [0.29, 0.717) is 6.42 Å². The van der Waals surface area contributed by atoms with E-state index in [1.807, 2.05) is 30.3 Å². The average molecular weight is 310 g/mol. The second kappa shape index (κ2) is 7.22. The Labute approximate surface area is 127 Å². The largest absolute Gasteiger partial charge is 0.321 e. The summed E-state index contributed by atoms with van der Waals surface area (Å²) in [6.45, 7) is 0. The van der Waals surface area contributed by atoms with Crippen LogP contribution in [0.1, 0.15) is 18.4 Å². The predicted octanol–water partition coefficient (Wildman–Crippen LogP) is 3.74. The number of aromatic nitrogens is 2. The lowest BCUT2D eigenvalue weighted by atomic mass is 10.1. The molecule has 0 aliphatic heterocycles. The van der Waals surface area contributed by atoms with Crippen molar-refractivity contribution in [1.82, 2.24) is 9.97 Å². The number of amides is 1. The molecule has 0 saturated heterocycles. The Bertz CT molecular complexity index is 570. The van der Waals surface area contributed by atoms with Gasteiger partial charge in [0.25, 0.3) is 0 Å². The number of carbonyl (C=O) groups excluding carboxylic acids is 1. The van der Waals surface area contributed by atoms with Gasteiger partial charge in [-0.2, -0.15) is 0 Å². The number of benzene rings is 1. The molecule has 1 heterocycles. The molecule has 104 valence electrons. The van der Waals surface area contributed by atoms with Gasteiger partial charge in [0.2, 0.25) is 5.91 Å².